The van der Waals surface area contributed by atoms with Gasteiger partial charge in [-0.15, -0.1) is 0 Å². The molecule has 3 aromatic carbocycles. The Morgan fingerprint density at radius 3 is 2.25 bits per heavy atom. The molecule has 0 saturated carbocycles. The predicted molar refractivity (Wildman–Crippen MR) is 172 cm³/mol. The first kappa shape index (κ1) is 28.8. The van der Waals surface area contributed by atoms with Gasteiger partial charge in [-0.1, -0.05) is 48.0 Å². The molecule has 44 heavy (non-hydrogen) atoms. The Balaban J connectivity index is 1.07. The van der Waals surface area contributed by atoms with Crippen LogP contribution in [0.15, 0.2) is 72.8 Å². The molecule has 3 saturated heterocycles. The van der Waals surface area contributed by atoms with E-state index >= 15 is 0 Å². The number of rotatable bonds is 7. The molecule has 228 valence electrons. The number of amides is 1. The van der Waals surface area contributed by atoms with Crippen molar-refractivity contribution in [2.75, 3.05) is 19.6 Å². The van der Waals surface area contributed by atoms with Gasteiger partial charge in [-0.05, 0) is 107 Å². The summed E-state index contributed by atoms with van der Waals surface area (Å²) in [6.07, 6.45) is 7.78. The Kier molecular flexibility index (Phi) is 7.53. The van der Waals surface area contributed by atoms with Gasteiger partial charge in [-0.3, -0.25) is 9.69 Å². The number of carbonyl (C=O) groups is 2. The molecule has 3 aliphatic rings. The first-order valence-electron chi connectivity index (χ1n) is 16.2. The van der Waals surface area contributed by atoms with Gasteiger partial charge in [0.2, 0.25) is 0 Å². The number of benzene rings is 3. The number of carbonyl (C=O) groups excluding carboxylic acids is 1. The fourth-order valence-corrected chi connectivity index (χ4v) is 8.49. The number of aromatic nitrogens is 2. The largest absolute Gasteiger partial charge is 0.478 e. The van der Waals surface area contributed by atoms with E-state index in [1.54, 1.807) is 12.1 Å². The van der Waals surface area contributed by atoms with E-state index in [9.17, 15) is 14.7 Å². The summed E-state index contributed by atoms with van der Waals surface area (Å²) in [4.78, 5) is 34.5. The van der Waals surface area contributed by atoms with E-state index in [2.05, 4.69) is 71.8 Å². The van der Waals surface area contributed by atoms with Gasteiger partial charge >= 0.3 is 5.97 Å². The summed E-state index contributed by atoms with van der Waals surface area (Å²) in [7, 11) is 0. The third kappa shape index (κ3) is 5.21. The number of aromatic carboxylic acids is 1. The normalized spacial score (nSPS) is 23.2. The molecule has 1 aromatic heterocycles. The van der Waals surface area contributed by atoms with Crippen LogP contribution >= 0.6 is 0 Å². The van der Waals surface area contributed by atoms with Crippen molar-refractivity contribution in [3.05, 3.63) is 101 Å². The molecule has 7 nitrogen and oxygen atoms in total. The molecule has 0 spiro atoms. The van der Waals surface area contributed by atoms with Crippen LogP contribution in [0.2, 0.25) is 0 Å². The first-order valence-corrected chi connectivity index (χ1v) is 16.2. The SMILES string of the molecule is Cc1ccc(C2(CCN3[C@@H]4CC[C@H]3CC(n3c(C)nc5ccccc53)C4)CCN(C(=O)c3cccc(C(=O)O)c3)CC2)cc1. The van der Waals surface area contributed by atoms with Gasteiger partial charge < -0.3 is 14.6 Å². The monoisotopic (exact) mass is 590 g/mol. The molecule has 2 bridgehead atoms. The summed E-state index contributed by atoms with van der Waals surface area (Å²) in [5.41, 5.74) is 5.62. The van der Waals surface area contributed by atoms with Crippen molar-refractivity contribution in [1.82, 2.24) is 19.4 Å². The fraction of sp³-hybridized carbons (Fsp3) is 0.432. The molecule has 1 amide bonds. The van der Waals surface area contributed by atoms with Crippen LogP contribution < -0.4 is 0 Å². The minimum Gasteiger partial charge on any atom is -0.478 e. The minimum atomic E-state index is -1.01. The fourth-order valence-electron chi connectivity index (χ4n) is 8.49. The van der Waals surface area contributed by atoms with Crippen LogP contribution in [-0.4, -0.2) is 68.1 Å². The maximum absolute atomic E-state index is 13.4. The Morgan fingerprint density at radius 2 is 1.55 bits per heavy atom. The topological polar surface area (TPSA) is 78.7 Å². The summed E-state index contributed by atoms with van der Waals surface area (Å²) < 4.78 is 2.50. The highest BCUT2D eigenvalue weighted by Crippen LogP contribution is 2.45. The van der Waals surface area contributed by atoms with Crippen LogP contribution in [0.25, 0.3) is 11.0 Å². The lowest BCUT2D eigenvalue weighted by atomic mass is 9.70. The second-order valence-corrected chi connectivity index (χ2v) is 13.3. The number of fused-ring (bicyclic) bond motifs is 3. The molecule has 1 N–H and O–H groups in total. The number of piperidine rings is 2. The van der Waals surface area contributed by atoms with E-state index in [0.717, 1.165) is 37.1 Å². The smallest absolute Gasteiger partial charge is 0.335 e. The molecule has 0 aliphatic carbocycles. The standard InChI is InChI=1S/C37H42N4O3/c1-25-10-12-29(13-11-25)37(16-19-39(20-17-37)35(42)27-6-5-7-28(22-27)36(43)44)18-21-40-30-14-15-31(40)24-32(23-30)41-26(2)38-33-8-3-4-9-34(33)41/h3-13,22,30-32H,14-21,23-24H2,1-2H3,(H,43,44)/t30-,31+,32?. The molecule has 3 fully saturated rings. The van der Waals surface area contributed by atoms with E-state index in [-0.39, 0.29) is 16.9 Å². The van der Waals surface area contributed by atoms with Crippen LogP contribution in [0, 0.1) is 13.8 Å². The number of imidazole rings is 1. The van der Waals surface area contributed by atoms with Gasteiger partial charge in [0.1, 0.15) is 5.82 Å². The molecule has 3 aliphatic heterocycles. The molecule has 3 atom stereocenters. The number of para-hydroxylation sites is 2. The van der Waals surface area contributed by atoms with E-state index in [1.165, 1.54) is 54.5 Å². The summed E-state index contributed by atoms with van der Waals surface area (Å²) in [5, 5.41) is 9.41. The highest BCUT2D eigenvalue weighted by molar-refractivity contribution is 5.97. The third-order valence-corrected chi connectivity index (χ3v) is 10.9. The molecule has 1 unspecified atom stereocenters. The molecule has 7 heteroatoms. The van der Waals surface area contributed by atoms with Crippen molar-refractivity contribution in [1.29, 1.82) is 0 Å². The number of nitrogens with zero attached hydrogens (tertiary/aromatic N) is 4. The number of aryl methyl sites for hydroxylation is 2. The number of carboxylic acid groups (broad SMARTS) is 1. The Labute approximate surface area is 259 Å². The Bertz CT molecular complexity index is 1670. The lowest BCUT2D eigenvalue weighted by Crippen LogP contribution is -2.49. The Morgan fingerprint density at radius 1 is 0.864 bits per heavy atom. The second kappa shape index (κ2) is 11.5. The van der Waals surface area contributed by atoms with Gasteiger partial charge in [-0.25, -0.2) is 9.78 Å². The average Bonchev–Trinajstić information content (AvgIpc) is 3.50. The highest BCUT2D eigenvalue weighted by atomic mass is 16.4. The van der Waals surface area contributed by atoms with Gasteiger partial charge in [0.05, 0.1) is 16.6 Å². The van der Waals surface area contributed by atoms with Gasteiger partial charge in [0.15, 0.2) is 0 Å². The minimum absolute atomic E-state index is 0.0147. The third-order valence-electron chi connectivity index (χ3n) is 10.9. The van der Waals surface area contributed by atoms with Crippen molar-refractivity contribution >= 4 is 22.9 Å². The van der Waals surface area contributed by atoms with Gasteiger partial charge in [0, 0.05) is 36.8 Å². The van der Waals surface area contributed by atoms with Gasteiger partial charge in [0.25, 0.3) is 5.91 Å². The van der Waals surface area contributed by atoms with Gasteiger partial charge in [-0.2, -0.15) is 0 Å². The van der Waals surface area contributed by atoms with Crippen LogP contribution in [0.4, 0.5) is 0 Å². The quantitative estimate of drug-likeness (QED) is 0.257. The summed E-state index contributed by atoms with van der Waals surface area (Å²) in [6, 6.07) is 25.7. The molecule has 4 heterocycles. The summed E-state index contributed by atoms with van der Waals surface area (Å²) >= 11 is 0. The highest BCUT2D eigenvalue weighted by Gasteiger charge is 2.44. The average molecular weight is 591 g/mol. The molecule has 0 radical (unpaired) electrons. The maximum atomic E-state index is 13.4. The lowest BCUT2D eigenvalue weighted by Gasteiger charge is -2.45. The van der Waals surface area contributed by atoms with Crippen molar-refractivity contribution in [2.24, 2.45) is 0 Å². The zero-order valence-corrected chi connectivity index (χ0v) is 25.8. The number of likely N-dealkylation sites (tertiary alicyclic amines) is 1. The molecule has 4 aromatic rings. The van der Waals surface area contributed by atoms with Crippen molar-refractivity contribution < 1.29 is 14.7 Å². The van der Waals surface area contributed by atoms with Crippen molar-refractivity contribution in [2.45, 2.75) is 82.3 Å². The number of hydrogen-bond acceptors (Lipinski definition) is 4. The molecular formula is C37H42N4O3. The number of carboxylic acids is 1. The zero-order chi connectivity index (χ0) is 30.4. The summed E-state index contributed by atoms with van der Waals surface area (Å²) in [5.74, 6) is 0.0367. The molecular weight excluding hydrogens is 548 g/mol. The predicted octanol–water partition coefficient (Wildman–Crippen LogP) is 6.78. The van der Waals surface area contributed by atoms with Crippen LogP contribution in [0.5, 0.6) is 0 Å². The van der Waals surface area contributed by atoms with Crippen LogP contribution in [0.1, 0.15) is 88.7 Å². The van der Waals surface area contributed by atoms with Crippen LogP contribution in [-0.2, 0) is 5.41 Å². The number of hydrogen-bond donors (Lipinski definition) is 1. The van der Waals surface area contributed by atoms with Crippen LogP contribution in [0.3, 0.4) is 0 Å². The van der Waals surface area contributed by atoms with E-state index < -0.39 is 5.97 Å². The van der Waals surface area contributed by atoms with E-state index in [0.29, 0.717) is 36.8 Å². The van der Waals surface area contributed by atoms with E-state index in [1.807, 2.05) is 4.90 Å². The summed E-state index contributed by atoms with van der Waals surface area (Å²) in [6.45, 7) is 6.71. The Hall–Kier alpha value is -3.97. The maximum Gasteiger partial charge on any atom is 0.335 e. The van der Waals surface area contributed by atoms with Crippen molar-refractivity contribution in [3.8, 4) is 0 Å². The van der Waals surface area contributed by atoms with Crippen molar-refractivity contribution in [3.63, 3.8) is 0 Å². The first-order chi connectivity index (χ1) is 21.3. The lowest BCUT2D eigenvalue weighted by molar-refractivity contribution is 0.0607. The second-order valence-electron chi connectivity index (χ2n) is 13.3. The molecule has 7 rings (SSSR count). The van der Waals surface area contributed by atoms with E-state index in [4.69, 9.17) is 4.98 Å². The zero-order valence-electron chi connectivity index (χ0n) is 25.8.